The average molecular weight is 221 g/mol. The maximum absolute atomic E-state index is 11.6. The standard InChI is InChI=1S/C12H15NO3/c1-12(2)8-5-7(3-4-10(8)14)6-9(13)11(15)16-12/h3-5,9,14H,6,13H2,1-2H3. The number of hydrogen-bond donors (Lipinski definition) is 2. The van der Waals surface area contributed by atoms with Crippen molar-refractivity contribution in [2.75, 3.05) is 0 Å². The number of carbonyl (C=O) groups is 1. The third kappa shape index (κ3) is 1.76. The number of benzene rings is 1. The molecule has 1 unspecified atom stereocenters. The molecule has 0 spiro atoms. The number of fused-ring (bicyclic) bond motifs is 2. The Morgan fingerprint density at radius 3 is 2.88 bits per heavy atom. The van der Waals surface area contributed by atoms with E-state index in [9.17, 15) is 9.90 Å². The Bertz CT molecular complexity index is 440. The number of ether oxygens (including phenoxy) is 1. The molecule has 1 heterocycles. The molecule has 1 atom stereocenters. The molecule has 2 bridgehead atoms. The zero-order valence-electron chi connectivity index (χ0n) is 9.36. The highest BCUT2D eigenvalue weighted by Gasteiger charge is 2.33. The fraction of sp³-hybridized carbons (Fsp3) is 0.417. The minimum atomic E-state index is -0.852. The van der Waals surface area contributed by atoms with Crippen molar-refractivity contribution < 1.29 is 14.6 Å². The molecule has 4 heteroatoms. The van der Waals surface area contributed by atoms with Crippen LogP contribution in [-0.4, -0.2) is 17.1 Å². The summed E-state index contributed by atoms with van der Waals surface area (Å²) in [6.45, 7) is 3.48. The normalized spacial score (nSPS) is 23.2. The first-order valence-electron chi connectivity index (χ1n) is 5.21. The molecule has 0 fully saturated rings. The first-order valence-corrected chi connectivity index (χ1v) is 5.21. The van der Waals surface area contributed by atoms with E-state index in [-0.39, 0.29) is 5.75 Å². The van der Waals surface area contributed by atoms with Gasteiger partial charge in [-0.3, -0.25) is 4.79 Å². The number of hydrogen-bond acceptors (Lipinski definition) is 4. The van der Waals surface area contributed by atoms with Gasteiger partial charge < -0.3 is 15.6 Å². The van der Waals surface area contributed by atoms with Crippen LogP contribution in [-0.2, 0) is 21.6 Å². The van der Waals surface area contributed by atoms with Crippen LogP contribution in [0, 0.1) is 0 Å². The first kappa shape index (κ1) is 11.0. The van der Waals surface area contributed by atoms with Crippen LogP contribution in [0.2, 0.25) is 0 Å². The predicted octanol–water partition coefficient (Wildman–Crippen LogP) is 1.05. The van der Waals surface area contributed by atoms with Gasteiger partial charge >= 0.3 is 5.97 Å². The summed E-state index contributed by atoms with van der Waals surface area (Å²) < 4.78 is 5.29. The van der Waals surface area contributed by atoms with Gasteiger partial charge in [0, 0.05) is 5.56 Å². The fourth-order valence-electron chi connectivity index (χ4n) is 1.91. The molecule has 1 aliphatic heterocycles. The third-order valence-corrected chi connectivity index (χ3v) is 2.82. The Morgan fingerprint density at radius 2 is 2.19 bits per heavy atom. The molecule has 0 amide bonds. The van der Waals surface area contributed by atoms with Gasteiger partial charge in [0.25, 0.3) is 0 Å². The van der Waals surface area contributed by atoms with Crippen molar-refractivity contribution in [1.82, 2.24) is 0 Å². The molecule has 3 N–H and O–H groups in total. The summed E-state index contributed by atoms with van der Waals surface area (Å²) in [5.74, 6) is -0.298. The lowest BCUT2D eigenvalue weighted by molar-refractivity contribution is -0.159. The highest BCUT2D eigenvalue weighted by atomic mass is 16.6. The summed E-state index contributed by atoms with van der Waals surface area (Å²) in [4.78, 5) is 11.6. The second kappa shape index (κ2) is 3.49. The van der Waals surface area contributed by atoms with Crippen LogP contribution in [0.4, 0.5) is 0 Å². The summed E-state index contributed by atoms with van der Waals surface area (Å²) >= 11 is 0. The van der Waals surface area contributed by atoms with Crippen molar-refractivity contribution >= 4 is 5.97 Å². The van der Waals surface area contributed by atoms with E-state index in [0.717, 1.165) is 5.56 Å². The SMILES string of the molecule is CC1(C)OC(=O)C(N)Cc2ccc(O)c1c2. The van der Waals surface area contributed by atoms with Gasteiger partial charge in [-0.2, -0.15) is 0 Å². The van der Waals surface area contributed by atoms with Gasteiger partial charge in [-0.05, 0) is 38.0 Å². The second-order valence-corrected chi connectivity index (χ2v) is 4.59. The molecule has 0 radical (unpaired) electrons. The number of aromatic hydroxyl groups is 1. The molecule has 2 rings (SSSR count). The lowest BCUT2D eigenvalue weighted by atomic mass is 9.91. The molecule has 86 valence electrons. The molecule has 0 aliphatic carbocycles. The van der Waals surface area contributed by atoms with Gasteiger partial charge in [-0.25, -0.2) is 0 Å². The number of cyclic esters (lactones) is 1. The summed E-state index contributed by atoms with van der Waals surface area (Å²) in [6.07, 6.45) is 0.433. The minimum absolute atomic E-state index is 0.136. The Kier molecular flexibility index (Phi) is 2.39. The number of rotatable bonds is 0. The zero-order valence-corrected chi connectivity index (χ0v) is 9.36. The van der Waals surface area contributed by atoms with Gasteiger partial charge in [0.2, 0.25) is 0 Å². The molecule has 1 aliphatic rings. The lowest BCUT2D eigenvalue weighted by Crippen LogP contribution is -2.40. The Hall–Kier alpha value is -1.55. The van der Waals surface area contributed by atoms with Crippen LogP contribution >= 0.6 is 0 Å². The summed E-state index contributed by atoms with van der Waals surface area (Å²) in [6, 6.07) is 4.57. The van der Waals surface area contributed by atoms with E-state index < -0.39 is 17.6 Å². The van der Waals surface area contributed by atoms with Crippen molar-refractivity contribution in [2.45, 2.75) is 31.9 Å². The predicted molar refractivity (Wildman–Crippen MR) is 58.9 cm³/mol. The first-order chi connectivity index (χ1) is 7.40. The lowest BCUT2D eigenvalue weighted by Gasteiger charge is -2.30. The fourth-order valence-corrected chi connectivity index (χ4v) is 1.91. The quantitative estimate of drug-likeness (QED) is 0.642. The van der Waals surface area contributed by atoms with Crippen molar-refractivity contribution in [2.24, 2.45) is 5.73 Å². The van der Waals surface area contributed by atoms with E-state index in [4.69, 9.17) is 10.5 Å². The van der Waals surface area contributed by atoms with Crippen molar-refractivity contribution in [1.29, 1.82) is 0 Å². The van der Waals surface area contributed by atoms with Crippen LogP contribution in [0.25, 0.3) is 0 Å². The molecule has 16 heavy (non-hydrogen) atoms. The number of phenols is 1. The molecule has 0 saturated carbocycles. The van der Waals surface area contributed by atoms with Crippen LogP contribution in [0.3, 0.4) is 0 Å². The summed E-state index contributed by atoms with van der Waals surface area (Å²) in [7, 11) is 0. The van der Waals surface area contributed by atoms with Crippen molar-refractivity contribution in [3.05, 3.63) is 29.3 Å². The maximum atomic E-state index is 11.6. The van der Waals surface area contributed by atoms with Crippen molar-refractivity contribution in [3.63, 3.8) is 0 Å². The average Bonchev–Trinajstić information content (AvgIpc) is 2.18. The van der Waals surface area contributed by atoms with E-state index in [1.54, 1.807) is 26.0 Å². The molecular formula is C12H15NO3. The van der Waals surface area contributed by atoms with Gasteiger partial charge in [-0.1, -0.05) is 6.07 Å². The monoisotopic (exact) mass is 221 g/mol. The molecule has 0 saturated heterocycles. The molecule has 1 aromatic rings. The number of nitrogens with two attached hydrogens (primary N) is 1. The van der Waals surface area contributed by atoms with Crippen LogP contribution in [0.5, 0.6) is 5.75 Å². The maximum Gasteiger partial charge on any atom is 0.324 e. The van der Waals surface area contributed by atoms with Crippen LogP contribution < -0.4 is 5.73 Å². The molecule has 0 aromatic heterocycles. The van der Waals surface area contributed by atoms with Crippen LogP contribution in [0.1, 0.15) is 25.0 Å². The Labute approximate surface area is 94.0 Å². The van der Waals surface area contributed by atoms with E-state index in [2.05, 4.69) is 0 Å². The molecule has 4 nitrogen and oxygen atoms in total. The number of phenolic OH excluding ortho intramolecular Hbond substituents is 1. The van der Waals surface area contributed by atoms with E-state index >= 15 is 0 Å². The zero-order chi connectivity index (χ0) is 11.9. The van der Waals surface area contributed by atoms with Crippen molar-refractivity contribution in [3.8, 4) is 5.75 Å². The van der Waals surface area contributed by atoms with Gasteiger partial charge in [0.1, 0.15) is 17.4 Å². The van der Waals surface area contributed by atoms with Gasteiger partial charge in [0.15, 0.2) is 0 Å². The summed E-state index contributed by atoms with van der Waals surface area (Å²) in [5.41, 5.74) is 6.41. The van der Waals surface area contributed by atoms with Crippen LogP contribution in [0.15, 0.2) is 18.2 Å². The van der Waals surface area contributed by atoms with E-state index in [0.29, 0.717) is 12.0 Å². The van der Waals surface area contributed by atoms with Gasteiger partial charge in [0.05, 0.1) is 0 Å². The highest BCUT2D eigenvalue weighted by Crippen LogP contribution is 2.34. The highest BCUT2D eigenvalue weighted by molar-refractivity contribution is 5.77. The Balaban J connectivity index is 2.56. The largest absolute Gasteiger partial charge is 0.508 e. The smallest absolute Gasteiger partial charge is 0.324 e. The van der Waals surface area contributed by atoms with E-state index in [1.165, 1.54) is 0 Å². The minimum Gasteiger partial charge on any atom is -0.508 e. The second-order valence-electron chi connectivity index (χ2n) is 4.59. The van der Waals surface area contributed by atoms with E-state index in [1.807, 2.05) is 6.07 Å². The number of carbonyl (C=O) groups excluding carboxylic acids is 1. The summed E-state index contributed by atoms with van der Waals surface area (Å²) in [5, 5.41) is 9.75. The topological polar surface area (TPSA) is 72.5 Å². The number of esters is 1. The molecular weight excluding hydrogens is 206 g/mol. The third-order valence-electron chi connectivity index (χ3n) is 2.82. The molecule has 1 aromatic carbocycles. The van der Waals surface area contributed by atoms with Gasteiger partial charge in [-0.15, -0.1) is 0 Å². The Morgan fingerprint density at radius 1 is 1.50 bits per heavy atom.